The third-order valence-corrected chi connectivity index (χ3v) is 6.56. The molecule has 4 heteroatoms. The van der Waals surface area contributed by atoms with Crippen LogP contribution in [0.25, 0.3) is 0 Å². The standard InChI is InChI=1S/C15H23ClO2S/c1-11(2)10-12-6-8-13(9-7-12)14(16)15(3,4)19(5,17)18/h6-9,11,14H,10H2,1-5H3. The predicted octanol–water partition coefficient (Wildman–Crippen LogP) is 3.99. The van der Waals surface area contributed by atoms with Crippen LogP contribution in [0.4, 0.5) is 0 Å². The number of hydrogen-bond donors (Lipinski definition) is 0. The van der Waals surface area contributed by atoms with Crippen molar-refractivity contribution < 1.29 is 8.42 Å². The van der Waals surface area contributed by atoms with Crippen molar-refractivity contribution in [2.75, 3.05) is 6.26 Å². The molecule has 0 aliphatic rings. The highest BCUT2D eigenvalue weighted by Gasteiger charge is 2.38. The van der Waals surface area contributed by atoms with Gasteiger partial charge < -0.3 is 0 Å². The summed E-state index contributed by atoms with van der Waals surface area (Å²) >= 11 is 6.36. The zero-order chi connectivity index (χ0) is 14.8. The Kier molecular flexibility index (Phi) is 5.08. The van der Waals surface area contributed by atoms with Gasteiger partial charge in [0.2, 0.25) is 0 Å². The third-order valence-electron chi connectivity index (χ3n) is 3.48. The Balaban J connectivity index is 2.99. The molecule has 0 amide bonds. The molecule has 0 saturated heterocycles. The molecule has 19 heavy (non-hydrogen) atoms. The van der Waals surface area contributed by atoms with Gasteiger partial charge in [-0.15, -0.1) is 11.6 Å². The molecular weight excluding hydrogens is 280 g/mol. The summed E-state index contributed by atoms with van der Waals surface area (Å²) in [4.78, 5) is 0. The minimum atomic E-state index is -3.21. The summed E-state index contributed by atoms with van der Waals surface area (Å²) < 4.78 is 22.6. The quantitative estimate of drug-likeness (QED) is 0.771. The van der Waals surface area contributed by atoms with Crippen molar-refractivity contribution in [2.45, 2.75) is 44.2 Å². The normalized spacial score (nSPS) is 14.7. The van der Waals surface area contributed by atoms with Crippen LogP contribution >= 0.6 is 11.6 Å². The summed E-state index contributed by atoms with van der Waals surface area (Å²) in [5.41, 5.74) is 2.10. The van der Waals surface area contributed by atoms with E-state index in [0.29, 0.717) is 5.92 Å². The lowest BCUT2D eigenvalue weighted by atomic mass is 9.97. The smallest absolute Gasteiger partial charge is 0.154 e. The lowest BCUT2D eigenvalue weighted by Crippen LogP contribution is -2.35. The lowest BCUT2D eigenvalue weighted by Gasteiger charge is -2.28. The second kappa shape index (κ2) is 5.84. The fraction of sp³-hybridized carbons (Fsp3) is 0.600. The van der Waals surface area contributed by atoms with Gasteiger partial charge >= 0.3 is 0 Å². The number of alkyl halides is 1. The highest BCUT2D eigenvalue weighted by Crippen LogP contribution is 2.37. The van der Waals surface area contributed by atoms with Crippen molar-refractivity contribution in [3.63, 3.8) is 0 Å². The van der Waals surface area contributed by atoms with Crippen LogP contribution in [0.2, 0.25) is 0 Å². The van der Waals surface area contributed by atoms with Gasteiger partial charge in [0.25, 0.3) is 0 Å². The molecule has 0 bridgehead atoms. The molecule has 1 aromatic carbocycles. The van der Waals surface area contributed by atoms with Gasteiger partial charge in [-0.3, -0.25) is 0 Å². The second-order valence-electron chi connectivity index (χ2n) is 6.08. The van der Waals surface area contributed by atoms with E-state index in [-0.39, 0.29) is 0 Å². The zero-order valence-electron chi connectivity index (χ0n) is 12.3. The first-order valence-corrected chi connectivity index (χ1v) is 8.81. The minimum Gasteiger partial charge on any atom is -0.229 e. The number of rotatable bonds is 5. The van der Waals surface area contributed by atoms with Crippen molar-refractivity contribution in [3.8, 4) is 0 Å². The van der Waals surface area contributed by atoms with Crippen molar-refractivity contribution in [1.82, 2.24) is 0 Å². The molecule has 0 saturated carbocycles. The molecular formula is C15H23ClO2S. The van der Waals surface area contributed by atoms with Gasteiger partial charge in [0.15, 0.2) is 9.84 Å². The predicted molar refractivity (Wildman–Crippen MR) is 82.5 cm³/mol. The second-order valence-corrected chi connectivity index (χ2v) is 9.11. The Morgan fingerprint density at radius 3 is 2.00 bits per heavy atom. The molecule has 1 rings (SSSR count). The van der Waals surface area contributed by atoms with E-state index in [1.165, 1.54) is 11.8 Å². The van der Waals surface area contributed by atoms with E-state index in [0.717, 1.165) is 12.0 Å². The van der Waals surface area contributed by atoms with Gasteiger partial charge in [-0.1, -0.05) is 38.1 Å². The van der Waals surface area contributed by atoms with E-state index in [2.05, 4.69) is 13.8 Å². The summed E-state index contributed by atoms with van der Waals surface area (Å²) in [6.07, 6.45) is 2.25. The highest BCUT2D eigenvalue weighted by molar-refractivity contribution is 7.92. The first-order valence-electron chi connectivity index (χ1n) is 6.48. The van der Waals surface area contributed by atoms with Gasteiger partial charge in [0.05, 0.1) is 10.1 Å². The van der Waals surface area contributed by atoms with Crippen molar-refractivity contribution in [3.05, 3.63) is 35.4 Å². The zero-order valence-corrected chi connectivity index (χ0v) is 13.8. The van der Waals surface area contributed by atoms with E-state index in [1.54, 1.807) is 13.8 Å². The number of hydrogen-bond acceptors (Lipinski definition) is 2. The largest absolute Gasteiger partial charge is 0.229 e. The van der Waals surface area contributed by atoms with E-state index in [1.807, 2.05) is 24.3 Å². The van der Waals surface area contributed by atoms with E-state index < -0.39 is 20.0 Å². The molecule has 0 spiro atoms. The van der Waals surface area contributed by atoms with Gasteiger partial charge in [-0.05, 0) is 37.3 Å². The Morgan fingerprint density at radius 1 is 1.16 bits per heavy atom. The number of halogens is 1. The lowest BCUT2D eigenvalue weighted by molar-refractivity contribution is 0.544. The van der Waals surface area contributed by atoms with Crippen LogP contribution in [0.3, 0.4) is 0 Å². The molecule has 108 valence electrons. The number of benzene rings is 1. The van der Waals surface area contributed by atoms with Crippen LogP contribution in [0, 0.1) is 5.92 Å². The Labute approximate surface area is 122 Å². The summed E-state index contributed by atoms with van der Waals surface area (Å²) in [6, 6.07) is 7.93. The van der Waals surface area contributed by atoms with Gasteiger partial charge in [-0.2, -0.15) is 0 Å². The molecule has 1 atom stereocenters. The van der Waals surface area contributed by atoms with Crippen LogP contribution < -0.4 is 0 Å². The summed E-state index contributed by atoms with van der Waals surface area (Å²) in [5.74, 6) is 0.602. The average Bonchev–Trinajstić information content (AvgIpc) is 2.26. The van der Waals surface area contributed by atoms with Crippen LogP contribution in [-0.2, 0) is 16.3 Å². The first kappa shape index (κ1) is 16.5. The molecule has 0 radical (unpaired) electrons. The molecule has 0 fully saturated rings. The Hall–Kier alpha value is -0.540. The average molecular weight is 303 g/mol. The molecule has 0 heterocycles. The van der Waals surface area contributed by atoms with E-state index in [4.69, 9.17) is 11.6 Å². The van der Waals surface area contributed by atoms with Gasteiger partial charge in [-0.25, -0.2) is 8.42 Å². The fourth-order valence-electron chi connectivity index (χ4n) is 1.88. The molecule has 0 N–H and O–H groups in total. The summed E-state index contributed by atoms with van der Waals surface area (Å²) in [6.45, 7) is 7.68. The molecule has 0 aromatic heterocycles. The van der Waals surface area contributed by atoms with E-state index >= 15 is 0 Å². The Morgan fingerprint density at radius 2 is 1.63 bits per heavy atom. The van der Waals surface area contributed by atoms with Gasteiger partial charge in [0, 0.05) is 6.26 Å². The van der Waals surface area contributed by atoms with Crippen molar-refractivity contribution in [2.24, 2.45) is 5.92 Å². The van der Waals surface area contributed by atoms with Crippen molar-refractivity contribution in [1.29, 1.82) is 0 Å². The fourth-order valence-corrected chi connectivity index (χ4v) is 3.03. The monoisotopic (exact) mass is 302 g/mol. The highest BCUT2D eigenvalue weighted by atomic mass is 35.5. The van der Waals surface area contributed by atoms with Crippen LogP contribution in [0.5, 0.6) is 0 Å². The molecule has 1 aromatic rings. The topological polar surface area (TPSA) is 34.1 Å². The summed E-state index contributed by atoms with van der Waals surface area (Å²) in [5, 5.41) is -0.546. The van der Waals surface area contributed by atoms with Crippen LogP contribution in [0.15, 0.2) is 24.3 Å². The maximum Gasteiger partial charge on any atom is 0.154 e. The SMILES string of the molecule is CC(C)Cc1ccc(C(Cl)C(C)(C)S(C)(=O)=O)cc1. The summed E-state index contributed by atoms with van der Waals surface area (Å²) in [7, 11) is -3.21. The van der Waals surface area contributed by atoms with E-state index in [9.17, 15) is 8.42 Å². The van der Waals surface area contributed by atoms with Crippen molar-refractivity contribution >= 4 is 21.4 Å². The third kappa shape index (κ3) is 3.96. The molecule has 2 nitrogen and oxygen atoms in total. The maximum atomic E-state index is 11.8. The Bertz CT molecular complexity index is 516. The number of sulfone groups is 1. The molecule has 0 aliphatic carbocycles. The minimum absolute atomic E-state index is 0.546. The molecule has 1 unspecified atom stereocenters. The first-order chi connectivity index (χ1) is 8.55. The van der Waals surface area contributed by atoms with Crippen LogP contribution in [0.1, 0.15) is 44.2 Å². The molecule has 0 aliphatic heterocycles. The maximum absolute atomic E-state index is 11.8. The van der Waals surface area contributed by atoms with Crippen LogP contribution in [-0.4, -0.2) is 19.4 Å². The van der Waals surface area contributed by atoms with Gasteiger partial charge in [0.1, 0.15) is 0 Å².